The predicted molar refractivity (Wildman–Crippen MR) is 73.6 cm³/mol. The minimum atomic E-state index is 0.0130. The summed E-state index contributed by atoms with van der Waals surface area (Å²) in [6, 6.07) is 5.75. The molecule has 19 heavy (non-hydrogen) atoms. The van der Waals surface area contributed by atoms with Gasteiger partial charge in [-0.2, -0.15) is 0 Å². The Bertz CT molecular complexity index is 550. The zero-order valence-corrected chi connectivity index (χ0v) is 11.3. The van der Waals surface area contributed by atoms with Gasteiger partial charge < -0.3 is 15.1 Å². The Hall–Kier alpha value is -1.88. The molecule has 1 amide bonds. The summed E-state index contributed by atoms with van der Waals surface area (Å²) < 4.78 is 5.24. The number of aromatic nitrogens is 1. The second-order valence-corrected chi connectivity index (χ2v) is 4.54. The van der Waals surface area contributed by atoms with E-state index in [2.05, 4.69) is 15.6 Å². The molecule has 1 aromatic heterocycles. The molecule has 102 valence electrons. The molecule has 0 spiro atoms. The highest BCUT2D eigenvalue weighted by Crippen LogP contribution is 2.14. The fraction of sp³-hybridized carbons (Fsp3) is 0.429. The molecule has 0 aliphatic rings. The molecule has 0 fully saturated rings. The van der Waals surface area contributed by atoms with Gasteiger partial charge in [0.25, 0.3) is 0 Å². The van der Waals surface area contributed by atoms with Gasteiger partial charge in [0.2, 0.25) is 5.91 Å². The summed E-state index contributed by atoms with van der Waals surface area (Å²) in [6.07, 6.45) is 2.25. The van der Waals surface area contributed by atoms with Gasteiger partial charge in [0.15, 0.2) is 12.0 Å². The van der Waals surface area contributed by atoms with E-state index in [0.717, 1.165) is 23.1 Å². The van der Waals surface area contributed by atoms with Crippen LogP contribution in [0.4, 0.5) is 0 Å². The fourth-order valence-electron chi connectivity index (χ4n) is 2.01. The van der Waals surface area contributed by atoms with Crippen LogP contribution in [0.15, 0.2) is 29.0 Å². The van der Waals surface area contributed by atoms with Crippen molar-refractivity contribution in [3.63, 3.8) is 0 Å². The van der Waals surface area contributed by atoms with Crippen LogP contribution in [0.5, 0.6) is 0 Å². The van der Waals surface area contributed by atoms with Crippen LogP contribution in [0, 0.1) is 5.92 Å². The fourth-order valence-corrected chi connectivity index (χ4v) is 2.01. The molecular weight excluding hydrogens is 242 g/mol. The lowest BCUT2D eigenvalue weighted by Crippen LogP contribution is -2.35. The maximum Gasteiger partial charge on any atom is 0.224 e. The first kappa shape index (κ1) is 13.5. The number of fused-ring (bicyclic) bond motifs is 1. The zero-order chi connectivity index (χ0) is 13.7. The Kier molecular flexibility index (Phi) is 4.52. The second-order valence-electron chi connectivity index (χ2n) is 4.54. The maximum atomic E-state index is 12.0. The van der Waals surface area contributed by atoms with Gasteiger partial charge in [-0.05, 0) is 31.2 Å². The highest BCUT2D eigenvalue weighted by molar-refractivity contribution is 5.79. The first-order valence-electron chi connectivity index (χ1n) is 6.49. The number of carbonyl (C=O) groups is 1. The van der Waals surface area contributed by atoms with Crippen LogP contribution >= 0.6 is 0 Å². The van der Waals surface area contributed by atoms with Crippen LogP contribution in [0.3, 0.4) is 0 Å². The van der Waals surface area contributed by atoms with Crippen LogP contribution in [0.2, 0.25) is 0 Å². The molecular formula is C14H19N3O2. The van der Waals surface area contributed by atoms with Crippen molar-refractivity contribution in [3.05, 3.63) is 30.2 Å². The second kappa shape index (κ2) is 6.33. The molecule has 1 heterocycles. The summed E-state index contributed by atoms with van der Waals surface area (Å²) in [4.78, 5) is 16.0. The Labute approximate surface area is 112 Å². The van der Waals surface area contributed by atoms with E-state index in [-0.39, 0.29) is 11.8 Å². The average molecular weight is 261 g/mol. The minimum Gasteiger partial charge on any atom is -0.443 e. The largest absolute Gasteiger partial charge is 0.443 e. The number of amides is 1. The molecule has 0 bridgehead atoms. The summed E-state index contributed by atoms with van der Waals surface area (Å²) in [5.74, 6) is 0.0912. The predicted octanol–water partition coefficient (Wildman–Crippen LogP) is 1.69. The van der Waals surface area contributed by atoms with Crippen LogP contribution < -0.4 is 10.6 Å². The third-order valence-electron chi connectivity index (χ3n) is 3.18. The van der Waals surface area contributed by atoms with E-state index in [1.54, 1.807) is 0 Å². The molecule has 0 saturated heterocycles. The number of nitrogens with zero attached hydrogens (tertiary/aromatic N) is 1. The van der Waals surface area contributed by atoms with Gasteiger partial charge in [-0.15, -0.1) is 0 Å². The van der Waals surface area contributed by atoms with E-state index in [1.165, 1.54) is 6.39 Å². The Balaban J connectivity index is 1.95. The summed E-state index contributed by atoms with van der Waals surface area (Å²) in [5.41, 5.74) is 2.59. The van der Waals surface area contributed by atoms with Crippen molar-refractivity contribution in [2.45, 2.75) is 19.9 Å². The molecule has 1 atom stereocenters. The van der Waals surface area contributed by atoms with Crippen molar-refractivity contribution in [3.8, 4) is 0 Å². The molecule has 5 nitrogen and oxygen atoms in total. The molecule has 0 aliphatic heterocycles. The summed E-state index contributed by atoms with van der Waals surface area (Å²) >= 11 is 0. The molecule has 0 aliphatic carbocycles. The molecule has 5 heteroatoms. The molecule has 0 saturated carbocycles. The van der Waals surface area contributed by atoms with E-state index in [0.29, 0.717) is 13.1 Å². The highest BCUT2D eigenvalue weighted by atomic mass is 16.3. The minimum absolute atomic E-state index is 0.0130. The van der Waals surface area contributed by atoms with Gasteiger partial charge in [-0.3, -0.25) is 4.79 Å². The number of carbonyl (C=O) groups excluding carboxylic acids is 1. The molecule has 1 unspecified atom stereocenters. The SMILES string of the molecule is CCC(CNC)C(=O)NCc1ccc2ncoc2c1. The Morgan fingerprint density at radius 1 is 1.47 bits per heavy atom. The van der Waals surface area contributed by atoms with Crippen molar-refractivity contribution in [2.75, 3.05) is 13.6 Å². The first-order valence-corrected chi connectivity index (χ1v) is 6.49. The third-order valence-corrected chi connectivity index (χ3v) is 3.18. The molecule has 0 radical (unpaired) electrons. The lowest BCUT2D eigenvalue weighted by molar-refractivity contribution is -0.125. The van der Waals surface area contributed by atoms with Gasteiger partial charge in [0, 0.05) is 13.1 Å². The summed E-state index contributed by atoms with van der Waals surface area (Å²) in [7, 11) is 1.85. The normalized spacial score (nSPS) is 12.5. The van der Waals surface area contributed by atoms with Crippen LogP contribution in [-0.4, -0.2) is 24.5 Å². The monoisotopic (exact) mass is 261 g/mol. The number of benzene rings is 1. The topological polar surface area (TPSA) is 67.2 Å². The van der Waals surface area contributed by atoms with Crippen molar-refractivity contribution in [1.82, 2.24) is 15.6 Å². The smallest absolute Gasteiger partial charge is 0.224 e. The lowest BCUT2D eigenvalue weighted by Gasteiger charge is -2.14. The lowest BCUT2D eigenvalue weighted by atomic mass is 10.1. The standard InChI is InChI=1S/C14H19N3O2/c1-3-11(8-15-2)14(18)16-7-10-4-5-12-13(6-10)19-9-17-12/h4-6,9,11,15H,3,7-8H2,1-2H3,(H,16,18). The van der Waals surface area contributed by atoms with E-state index >= 15 is 0 Å². The van der Waals surface area contributed by atoms with Gasteiger partial charge in [0.05, 0.1) is 5.92 Å². The maximum absolute atomic E-state index is 12.0. The van der Waals surface area contributed by atoms with Crippen molar-refractivity contribution in [1.29, 1.82) is 0 Å². The van der Waals surface area contributed by atoms with Crippen molar-refractivity contribution >= 4 is 17.0 Å². The Morgan fingerprint density at radius 3 is 3.05 bits per heavy atom. The van der Waals surface area contributed by atoms with E-state index in [1.807, 2.05) is 32.2 Å². The van der Waals surface area contributed by atoms with Gasteiger partial charge in [0.1, 0.15) is 5.52 Å². The zero-order valence-electron chi connectivity index (χ0n) is 11.3. The number of nitrogens with one attached hydrogen (secondary N) is 2. The number of hydrogen-bond acceptors (Lipinski definition) is 4. The van der Waals surface area contributed by atoms with Crippen molar-refractivity contribution < 1.29 is 9.21 Å². The molecule has 1 aromatic carbocycles. The number of oxazole rings is 1. The van der Waals surface area contributed by atoms with Crippen LogP contribution in [0.25, 0.3) is 11.1 Å². The average Bonchev–Trinajstić information content (AvgIpc) is 2.89. The van der Waals surface area contributed by atoms with Crippen molar-refractivity contribution in [2.24, 2.45) is 5.92 Å². The van der Waals surface area contributed by atoms with Crippen LogP contribution in [0.1, 0.15) is 18.9 Å². The number of hydrogen-bond donors (Lipinski definition) is 2. The number of rotatable bonds is 6. The summed E-state index contributed by atoms with van der Waals surface area (Å²) in [5, 5.41) is 5.99. The molecule has 2 N–H and O–H groups in total. The highest BCUT2D eigenvalue weighted by Gasteiger charge is 2.14. The van der Waals surface area contributed by atoms with Gasteiger partial charge in [-0.1, -0.05) is 13.0 Å². The Morgan fingerprint density at radius 2 is 2.32 bits per heavy atom. The van der Waals surface area contributed by atoms with Gasteiger partial charge >= 0.3 is 0 Å². The van der Waals surface area contributed by atoms with E-state index in [9.17, 15) is 4.79 Å². The summed E-state index contributed by atoms with van der Waals surface area (Å²) in [6.45, 7) is 3.22. The van der Waals surface area contributed by atoms with Crippen LogP contribution in [-0.2, 0) is 11.3 Å². The quantitative estimate of drug-likeness (QED) is 0.830. The van der Waals surface area contributed by atoms with Gasteiger partial charge in [-0.25, -0.2) is 4.98 Å². The first-order chi connectivity index (χ1) is 9.24. The molecule has 2 aromatic rings. The third kappa shape index (κ3) is 3.32. The van der Waals surface area contributed by atoms with E-state index in [4.69, 9.17) is 4.42 Å². The van der Waals surface area contributed by atoms with E-state index < -0.39 is 0 Å². The molecule has 2 rings (SSSR count).